The monoisotopic (exact) mass is 293 g/mol. The molecule has 3 nitrogen and oxygen atoms in total. The van der Waals surface area contributed by atoms with Crippen LogP contribution in [0.3, 0.4) is 0 Å². The van der Waals surface area contributed by atoms with Gasteiger partial charge in [0, 0.05) is 17.8 Å². The highest BCUT2D eigenvalue weighted by Crippen LogP contribution is 2.25. The number of imidazole rings is 1. The van der Waals surface area contributed by atoms with Gasteiger partial charge < -0.3 is 0 Å². The van der Waals surface area contributed by atoms with Crippen LogP contribution < -0.4 is 0 Å². The predicted octanol–water partition coefficient (Wildman–Crippen LogP) is 4.72. The Hall–Kier alpha value is -2.16. The molecule has 114 valence electrons. The molecule has 0 unspecified atom stereocenters. The number of fused-ring (bicyclic) bond motifs is 1. The Labute approximate surface area is 132 Å². The standard InChI is InChI=1S/C19H23N3/c1-6-17-21-18-13(4)11-14(5)20-19(18)22(17)16-9-7-15(8-10-16)12(2)3/h7-12H,6H2,1-5H3. The van der Waals surface area contributed by atoms with Crippen LogP contribution in [0.1, 0.15) is 49.3 Å². The van der Waals surface area contributed by atoms with Crippen molar-refractivity contribution in [1.82, 2.24) is 14.5 Å². The Morgan fingerprint density at radius 1 is 1.05 bits per heavy atom. The first-order valence-corrected chi connectivity index (χ1v) is 7.97. The van der Waals surface area contributed by atoms with E-state index in [1.807, 2.05) is 6.92 Å². The maximum absolute atomic E-state index is 4.81. The molecular formula is C19H23N3. The van der Waals surface area contributed by atoms with E-state index in [0.29, 0.717) is 5.92 Å². The summed E-state index contributed by atoms with van der Waals surface area (Å²) in [7, 11) is 0. The number of benzene rings is 1. The van der Waals surface area contributed by atoms with Crippen LogP contribution in [0.2, 0.25) is 0 Å². The Bertz CT molecular complexity index is 811. The van der Waals surface area contributed by atoms with Crippen molar-refractivity contribution in [1.29, 1.82) is 0 Å². The summed E-state index contributed by atoms with van der Waals surface area (Å²) >= 11 is 0. The van der Waals surface area contributed by atoms with Crippen molar-refractivity contribution in [3.8, 4) is 5.69 Å². The molecule has 0 bridgehead atoms. The van der Waals surface area contributed by atoms with Gasteiger partial charge in [-0.25, -0.2) is 9.97 Å². The molecule has 22 heavy (non-hydrogen) atoms. The first kappa shape index (κ1) is 14.8. The molecule has 0 atom stereocenters. The van der Waals surface area contributed by atoms with Gasteiger partial charge in [-0.3, -0.25) is 4.57 Å². The third-order valence-electron chi connectivity index (χ3n) is 4.14. The van der Waals surface area contributed by atoms with Crippen molar-refractivity contribution in [2.24, 2.45) is 0 Å². The Morgan fingerprint density at radius 3 is 2.32 bits per heavy atom. The second-order valence-electron chi connectivity index (χ2n) is 6.22. The van der Waals surface area contributed by atoms with Gasteiger partial charge in [-0.15, -0.1) is 0 Å². The summed E-state index contributed by atoms with van der Waals surface area (Å²) in [6, 6.07) is 10.9. The number of pyridine rings is 1. The lowest BCUT2D eigenvalue weighted by atomic mass is 10.0. The molecule has 3 heteroatoms. The van der Waals surface area contributed by atoms with E-state index in [0.717, 1.165) is 34.8 Å². The molecule has 0 aliphatic carbocycles. The highest BCUT2D eigenvalue weighted by Gasteiger charge is 2.14. The molecule has 0 N–H and O–H groups in total. The fraction of sp³-hybridized carbons (Fsp3) is 0.368. The summed E-state index contributed by atoms with van der Waals surface area (Å²) in [4.78, 5) is 9.55. The number of aromatic nitrogens is 3. The second kappa shape index (κ2) is 5.56. The summed E-state index contributed by atoms with van der Waals surface area (Å²) in [5, 5.41) is 0. The quantitative estimate of drug-likeness (QED) is 0.699. The van der Waals surface area contributed by atoms with Crippen LogP contribution >= 0.6 is 0 Å². The molecule has 0 radical (unpaired) electrons. The molecule has 2 aromatic heterocycles. The average molecular weight is 293 g/mol. The largest absolute Gasteiger partial charge is 0.281 e. The Balaban J connectivity index is 2.24. The molecule has 0 amide bonds. The van der Waals surface area contributed by atoms with Crippen LogP contribution in [-0.4, -0.2) is 14.5 Å². The summed E-state index contributed by atoms with van der Waals surface area (Å²) in [6.07, 6.45) is 0.890. The number of aryl methyl sites for hydroxylation is 3. The second-order valence-corrected chi connectivity index (χ2v) is 6.22. The lowest BCUT2D eigenvalue weighted by molar-refractivity contribution is 0.861. The van der Waals surface area contributed by atoms with E-state index in [2.05, 4.69) is 62.6 Å². The maximum atomic E-state index is 4.81. The maximum Gasteiger partial charge on any atom is 0.165 e. The van der Waals surface area contributed by atoms with Crippen molar-refractivity contribution in [3.05, 3.63) is 53.0 Å². The van der Waals surface area contributed by atoms with E-state index in [1.165, 1.54) is 11.1 Å². The van der Waals surface area contributed by atoms with Crippen molar-refractivity contribution in [3.63, 3.8) is 0 Å². The molecule has 3 rings (SSSR count). The summed E-state index contributed by atoms with van der Waals surface area (Å²) < 4.78 is 2.19. The van der Waals surface area contributed by atoms with Gasteiger partial charge in [0.05, 0.1) is 0 Å². The van der Waals surface area contributed by atoms with Gasteiger partial charge in [-0.1, -0.05) is 32.9 Å². The highest BCUT2D eigenvalue weighted by molar-refractivity contribution is 5.78. The normalized spacial score (nSPS) is 11.5. The van der Waals surface area contributed by atoms with Crippen LogP contribution in [0.5, 0.6) is 0 Å². The van der Waals surface area contributed by atoms with Gasteiger partial charge in [0.2, 0.25) is 0 Å². The minimum absolute atomic E-state index is 0.543. The molecule has 0 aliphatic heterocycles. The molecule has 0 saturated carbocycles. The van der Waals surface area contributed by atoms with Gasteiger partial charge in [-0.2, -0.15) is 0 Å². The number of hydrogen-bond acceptors (Lipinski definition) is 2. The van der Waals surface area contributed by atoms with Gasteiger partial charge in [-0.05, 0) is 49.1 Å². The van der Waals surface area contributed by atoms with E-state index in [-0.39, 0.29) is 0 Å². The van der Waals surface area contributed by atoms with Crippen molar-refractivity contribution in [2.75, 3.05) is 0 Å². The average Bonchev–Trinajstić information content (AvgIpc) is 2.86. The summed E-state index contributed by atoms with van der Waals surface area (Å²) in [6.45, 7) is 10.7. The summed E-state index contributed by atoms with van der Waals surface area (Å²) in [5.41, 5.74) is 6.69. The molecule has 0 saturated heterocycles. The minimum Gasteiger partial charge on any atom is -0.281 e. The highest BCUT2D eigenvalue weighted by atomic mass is 15.1. The van der Waals surface area contributed by atoms with Crippen molar-refractivity contribution < 1.29 is 0 Å². The fourth-order valence-electron chi connectivity index (χ4n) is 2.92. The molecule has 3 aromatic rings. The molecule has 0 aliphatic rings. The molecule has 1 aromatic carbocycles. The number of nitrogens with zero attached hydrogens (tertiary/aromatic N) is 3. The summed E-state index contributed by atoms with van der Waals surface area (Å²) in [5.74, 6) is 1.61. The van der Waals surface area contributed by atoms with Crippen molar-refractivity contribution >= 4 is 11.2 Å². The third-order valence-corrected chi connectivity index (χ3v) is 4.14. The van der Waals surface area contributed by atoms with Crippen LogP contribution in [-0.2, 0) is 6.42 Å². The molecular weight excluding hydrogens is 270 g/mol. The first-order valence-electron chi connectivity index (χ1n) is 7.97. The smallest absolute Gasteiger partial charge is 0.165 e. The minimum atomic E-state index is 0.543. The lowest BCUT2D eigenvalue weighted by Crippen LogP contribution is -2.02. The van der Waals surface area contributed by atoms with E-state index in [4.69, 9.17) is 9.97 Å². The zero-order valence-corrected chi connectivity index (χ0v) is 14.0. The SMILES string of the molecule is CCc1nc2c(C)cc(C)nc2n1-c1ccc(C(C)C)cc1. The predicted molar refractivity (Wildman–Crippen MR) is 91.8 cm³/mol. The molecule has 0 fully saturated rings. The topological polar surface area (TPSA) is 30.7 Å². The van der Waals surface area contributed by atoms with Crippen LogP contribution in [0.25, 0.3) is 16.9 Å². The molecule has 2 heterocycles. The van der Waals surface area contributed by atoms with Crippen LogP contribution in [0.15, 0.2) is 30.3 Å². The third kappa shape index (κ3) is 2.41. The molecule has 0 spiro atoms. The zero-order chi connectivity index (χ0) is 15.9. The van der Waals surface area contributed by atoms with Gasteiger partial charge in [0.1, 0.15) is 11.3 Å². The Kier molecular flexibility index (Phi) is 3.73. The zero-order valence-electron chi connectivity index (χ0n) is 14.0. The van der Waals surface area contributed by atoms with E-state index in [9.17, 15) is 0 Å². The number of rotatable bonds is 3. The van der Waals surface area contributed by atoms with Gasteiger partial charge in [0.25, 0.3) is 0 Å². The van der Waals surface area contributed by atoms with E-state index >= 15 is 0 Å². The van der Waals surface area contributed by atoms with Crippen LogP contribution in [0.4, 0.5) is 0 Å². The number of hydrogen-bond donors (Lipinski definition) is 0. The first-order chi connectivity index (χ1) is 10.5. The van der Waals surface area contributed by atoms with E-state index in [1.54, 1.807) is 0 Å². The van der Waals surface area contributed by atoms with Gasteiger partial charge >= 0.3 is 0 Å². The van der Waals surface area contributed by atoms with Gasteiger partial charge in [0.15, 0.2) is 5.65 Å². The lowest BCUT2D eigenvalue weighted by Gasteiger charge is -2.10. The Morgan fingerprint density at radius 2 is 1.73 bits per heavy atom. The fourth-order valence-corrected chi connectivity index (χ4v) is 2.92. The van der Waals surface area contributed by atoms with Crippen LogP contribution in [0, 0.1) is 13.8 Å². The van der Waals surface area contributed by atoms with E-state index < -0.39 is 0 Å². The van der Waals surface area contributed by atoms with Crippen molar-refractivity contribution in [2.45, 2.75) is 47.0 Å².